The zero-order valence-corrected chi connectivity index (χ0v) is 9.39. The third-order valence-electron chi connectivity index (χ3n) is 2.37. The summed E-state index contributed by atoms with van der Waals surface area (Å²) in [5, 5.41) is 3.27. The van der Waals surface area contributed by atoms with Crippen LogP contribution in [0, 0.1) is 11.2 Å². The molecule has 0 saturated heterocycles. The zero-order chi connectivity index (χ0) is 11.3. The van der Waals surface area contributed by atoms with Crippen molar-refractivity contribution in [1.29, 1.82) is 0 Å². The third kappa shape index (κ3) is 4.40. The largest absolute Gasteiger partial charge is 0.330 e. The van der Waals surface area contributed by atoms with Crippen LogP contribution in [0.1, 0.15) is 19.4 Å². The van der Waals surface area contributed by atoms with Crippen LogP contribution in [0.15, 0.2) is 24.3 Å². The van der Waals surface area contributed by atoms with Crippen LogP contribution < -0.4 is 11.1 Å². The van der Waals surface area contributed by atoms with Crippen LogP contribution in [0.4, 0.5) is 4.39 Å². The summed E-state index contributed by atoms with van der Waals surface area (Å²) in [5.74, 6) is -0.188. The van der Waals surface area contributed by atoms with Gasteiger partial charge in [-0.25, -0.2) is 4.39 Å². The molecule has 2 nitrogen and oxygen atoms in total. The van der Waals surface area contributed by atoms with Gasteiger partial charge in [-0.1, -0.05) is 26.0 Å². The van der Waals surface area contributed by atoms with E-state index in [1.54, 1.807) is 12.1 Å². The monoisotopic (exact) mass is 210 g/mol. The number of hydrogen-bond acceptors (Lipinski definition) is 2. The Labute approximate surface area is 90.7 Å². The molecular weight excluding hydrogens is 191 g/mol. The maximum Gasteiger partial charge on any atom is 0.123 e. The molecule has 1 aromatic rings. The fraction of sp³-hybridized carbons (Fsp3) is 0.500. The van der Waals surface area contributed by atoms with Crippen LogP contribution in [-0.4, -0.2) is 13.1 Å². The standard InChI is InChI=1S/C12H19FN2/c1-12(2,8-14)9-15-7-10-4-3-5-11(13)6-10/h3-6,15H,7-9,14H2,1-2H3. The Balaban J connectivity index is 2.38. The number of halogens is 1. The Kier molecular flexibility index (Phi) is 4.24. The highest BCUT2D eigenvalue weighted by Crippen LogP contribution is 2.10. The average Bonchev–Trinajstić information content (AvgIpc) is 2.18. The minimum absolute atomic E-state index is 0.0906. The third-order valence-corrected chi connectivity index (χ3v) is 2.37. The highest BCUT2D eigenvalue weighted by molar-refractivity contribution is 5.15. The van der Waals surface area contributed by atoms with Crippen molar-refractivity contribution in [2.75, 3.05) is 13.1 Å². The smallest absolute Gasteiger partial charge is 0.123 e. The highest BCUT2D eigenvalue weighted by atomic mass is 19.1. The van der Waals surface area contributed by atoms with Crippen molar-refractivity contribution in [1.82, 2.24) is 5.32 Å². The molecule has 1 aromatic carbocycles. The summed E-state index contributed by atoms with van der Waals surface area (Å²) in [6, 6.07) is 6.63. The van der Waals surface area contributed by atoms with Gasteiger partial charge in [0, 0.05) is 13.1 Å². The Morgan fingerprint density at radius 2 is 2.13 bits per heavy atom. The van der Waals surface area contributed by atoms with Crippen LogP contribution in [-0.2, 0) is 6.54 Å². The summed E-state index contributed by atoms with van der Waals surface area (Å²) < 4.78 is 12.8. The van der Waals surface area contributed by atoms with Crippen molar-refractivity contribution >= 4 is 0 Å². The molecule has 1 rings (SSSR count). The van der Waals surface area contributed by atoms with Gasteiger partial charge >= 0.3 is 0 Å². The van der Waals surface area contributed by atoms with Gasteiger partial charge in [0.15, 0.2) is 0 Å². The molecule has 0 aliphatic heterocycles. The molecular formula is C12H19FN2. The van der Waals surface area contributed by atoms with Gasteiger partial charge in [0.2, 0.25) is 0 Å². The predicted octanol–water partition coefficient (Wildman–Crippen LogP) is 1.90. The summed E-state index contributed by atoms with van der Waals surface area (Å²) in [6.07, 6.45) is 0. The molecule has 0 bridgehead atoms. The van der Waals surface area contributed by atoms with E-state index in [1.807, 2.05) is 6.07 Å². The van der Waals surface area contributed by atoms with E-state index in [0.29, 0.717) is 13.1 Å². The van der Waals surface area contributed by atoms with Crippen LogP contribution in [0.25, 0.3) is 0 Å². The zero-order valence-electron chi connectivity index (χ0n) is 9.39. The number of nitrogens with two attached hydrogens (primary N) is 1. The van der Waals surface area contributed by atoms with Gasteiger partial charge in [0.25, 0.3) is 0 Å². The molecule has 0 radical (unpaired) electrons. The topological polar surface area (TPSA) is 38.0 Å². The molecule has 84 valence electrons. The molecule has 3 N–H and O–H groups in total. The Hall–Kier alpha value is -0.930. The summed E-state index contributed by atoms with van der Waals surface area (Å²) in [4.78, 5) is 0. The van der Waals surface area contributed by atoms with Gasteiger partial charge in [0.1, 0.15) is 5.82 Å². The number of nitrogens with one attached hydrogen (secondary N) is 1. The normalized spacial score (nSPS) is 11.7. The average molecular weight is 210 g/mol. The van der Waals surface area contributed by atoms with Crippen molar-refractivity contribution in [3.05, 3.63) is 35.6 Å². The van der Waals surface area contributed by atoms with Crippen molar-refractivity contribution in [3.63, 3.8) is 0 Å². The molecule has 0 aromatic heterocycles. The molecule has 0 fully saturated rings. The van der Waals surface area contributed by atoms with Crippen LogP contribution in [0.5, 0.6) is 0 Å². The van der Waals surface area contributed by atoms with E-state index in [9.17, 15) is 4.39 Å². The summed E-state index contributed by atoms with van der Waals surface area (Å²) >= 11 is 0. The van der Waals surface area contributed by atoms with E-state index in [2.05, 4.69) is 19.2 Å². The van der Waals surface area contributed by atoms with Crippen LogP contribution in [0.3, 0.4) is 0 Å². The minimum atomic E-state index is -0.188. The maximum atomic E-state index is 12.8. The first kappa shape index (κ1) is 12.1. The van der Waals surface area contributed by atoms with Crippen molar-refractivity contribution in [2.24, 2.45) is 11.1 Å². The number of benzene rings is 1. The van der Waals surface area contributed by atoms with E-state index in [0.717, 1.165) is 12.1 Å². The van der Waals surface area contributed by atoms with Gasteiger partial charge in [-0.3, -0.25) is 0 Å². The molecule has 0 aliphatic rings. The second-order valence-electron chi connectivity index (χ2n) is 4.60. The fourth-order valence-corrected chi connectivity index (χ4v) is 1.26. The van der Waals surface area contributed by atoms with Gasteiger partial charge < -0.3 is 11.1 Å². The van der Waals surface area contributed by atoms with E-state index < -0.39 is 0 Å². The Morgan fingerprint density at radius 3 is 2.73 bits per heavy atom. The molecule has 0 unspecified atom stereocenters. The molecule has 15 heavy (non-hydrogen) atoms. The lowest BCUT2D eigenvalue weighted by Gasteiger charge is -2.22. The molecule has 0 aliphatic carbocycles. The first-order valence-corrected chi connectivity index (χ1v) is 5.19. The van der Waals surface area contributed by atoms with E-state index in [4.69, 9.17) is 5.73 Å². The second kappa shape index (κ2) is 5.24. The molecule has 0 spiro atoms. The van der Waals surface area contributed by atoms with Gasteiger partial charge in [-0.2, -0.15) is 0 Å². The maximum absolute atomic E-state index is 12.8. The van der Waals surface area contributed by atoms with Crippen LogP contribution in [0.2, 0.25) is 0 Å². The SMILES string of the molecule is CC(C)(CN)CNCc1cccc(F)c1. The van der Waals surface area contributed by atoms with Gasteiger partial charge in [-0.15, -0.1) is 0 Å². The Bertz CT molecular complexity index is 310. The van der Waals surface area contributed by atoms with Crippen molar-refractivity contribution < 1.29 is 4.39 Å². The fourth-order valence-electron chi connectivity index (χ4n) is 1.26. The van der Waals surface area contributed by atoms with E-state index in [1.165, 1.54) is 6.07 Å². The lowest BCUT2D eigenvalue weighted by Crippen LogP contribution is -2.35. The lowest BCUT2D eigenvalue weighted by molar-refractivity contribution is 0.351. The first-order chi connectivity index (χ1) is 7.03. The summed E-state index contributed by atoms with van der Waals surface area (Å²) in [5.41, 5.74) is 6.66. The van der Waals surface area contributed by atoms with E-state index >= 15 is 0 Å². The second-order valence-corrected chi connectivity index (χ2v) is 4.60. The summed E-state index contributed by atoms with van der Waals surface area (Å²) in [7, 11) is 0. The quantitative estimate of drug-likeness (QED) is 0.779. The van der Waals surface area contributed by atoms with Gasteiger partial charge in [-0.05, 0) is 29.7 Å². The predicted molar refractivity (Wildman–Crippen MR) is 60.9 cm³/mol. The molecule has 0 heterocycles. The lowest BCUT2D eigenvalue weighted by atomic mass is 9.94. The van der Waals surface area contributed by atoms with Crippen molar-refractivity contribution in [2.45, 2.75) is 20.4 Å². The van der Waals surface area contributed by atoms with Gasteiger partial charge in [0.05, 0.1) is 0 Å². The van der Waals surface area contributed by atoms with Crippen molar-refractivity contribution in [3.8, 4) is 0 Å². The molecule has 0 atom stereocenters. The number of hydrogen-bond donors (Lipinski definition) is 2. The molecule has 0 saturated carbocycles. The minimum Gasteiger partial charge on any atom is -0.330 e. The molecule has 0 amide bonds. The first-order valence-electron chi connectivity index (χ1n) is 5.19. The highest BCUT2D eigenvalue weighted by Gasteiger charge is 2.14. The van der Waals surface area contributed by atoms with E-state index in [-0.39, 0.29) is 11.2 Å². The number of rotatable bonds is 5. The summed E-state index contributed by atoms with van der Waals surface area (Å²) in [6.45, 7) is 6.36. The molecule has 3 heteroatoms. The Morgan fingerprint density at radius 1 is 1.40 bits per heavy atom. The van der Waals surface area contributed by atoms with Crippen LogP contribution >= 0.6 is 0 Å².